The van der Waals surface area contributed by atoms with Crippen molar-refractivity contribution in [1.29, 1.82) is 0 Å². The molecular formula is C17H19N5O3. The molecule has 0 unspecified atom stereocenters. The van der Waals surface area contributed by atoms with Gasteiger partial charge in [0.05, 0.1) is 6.04 Å². The molecule has 0 aliphatic carbocycles. The van der Waals surface area contributed by atoms with Gasteiger partial charge >= 0.3 is 6.03 Å². The molecule has 0 saturated carbocycles. The van der Waals surface area contributed by atoms with Crippen LogP contribution in [0.3, 0.4) is 0 Å². The Labute approximate surface area is 144 Å². The minimum Gasteiger partial charge on any atom is -0.355 e. The number of piperidine rings is 1. The molecule has 130 valence electrons. The van der Waals surface area contributed by atoms with Crippen molar-refractivity contribution in [2.75, 3.05) is 26.2 Å². The summed E-state index contributed by atoms with van der Waals surface area (Å²) in [6.07, 6.45) is 5.12. The molecule has 2 saturated heterocycles. The van der Waals surface area contributed by atoms with Crippen LogP contribution in [0.25, 0.3) is 11.3 Å². The highest BCUT2D eigenvalue weighted by Gasteiger charge is 2.33. The maximum atomic E-state index is 12.8. The number of pyridine rings is 1. The summed E-state index contributed by atoms with van der Waals surface area (Å²) in [4.78, 5) is 32.2. The number of aromatic nitrogens is 2. The maximum Gasteiger partial charge on any atom is 0.317 e. The number of hydrogen-bond acceptors (Lipinski definition) is 5. The van der Waals surface area contributed by atoms with Gasteiger partial charge in [-0.2, -0.15) is 0 Å². The Kier molecular flexibility index (Phi) is 4.09. The molecule has 2 aromatic rings. The van der Waals surface area contributed by atoms with Crippen LogP contribution in [0.1, 0.15) is 23.3 Å². The highest BCUT2D eigenvalue weighted by Crippen LogP contribution is 2.22. The molecule has 0 spiro atoms. The number of carbonyl (C=O) groups is 2. The van der Waals surface area contributed by atoms with Crippen LogP contribution in [0, 0.1) is 0 Å². The number of amides is 3. The first-order valence-corrected chi connectivity index (χ1v) is 8.43. The SMILES string of the molecule is O=C(c1cc(-c2cccnc2)on1)N1CCC[C@H](N2CCNC2=O)C1. The molecule has 2 aliphatic heterocycles. The molecule has 2 fully saturated rings. The van der Waals surface area contributed by atoms with Crippen LogP contribution in [-0.4, -0.2) is 64.1 Å². The van der Waals surface area contributed by atoms with Crippen molar-refractivity contribution >= 4 is 11.9 Å². The average molecular weight is 341 g/mol. The van der Waals surface area contributed by atoms with Gasteiger partial charge in [-0.1, -0.05) is 5.16 Å². The van der Waals surface area contributed by atoms with Gasteiger partial charge in [-0.3, -0.25) is 9.78 Å². The lowest BCUT2D eigenvalue weighted by molar-refractivity contribution is 0.0624. The Morgan fingerprint density at radius 1 is 1.36 bits per heavy atom. The van der Waals surface area contributed by atoms with Crippen LogP contribution < -0.4 is 5.32 Å². The van der Waals surface area contributed by atoms with Crippen molar-refractivity contribution in [3.05, 3.63) is 36.3 Å². The third kappa shape index (κ3) is 3.07. The molecule has 2 aromatic heterocycles. The quantitative estimate of drug-likeness (QED) is 0.910. The second-order valence-electron chi connectivity index (χ2n) is 6.29. The van der Waals surface area contributed by atoms with Gasteiger partial charge in [0.1, 0.15) is 0 Å². The molecule has 2 aliphatic rings. The molecular weight excluding hydrogens is 322 g/mol. The van der Waals surface area contributed by atoms with Crippen LogP contribution in [0.5, 0.6) is 0 Å². The zero-order valence-electron chi connectivity index (χ0n) is 13.7. The minimum atomic E-state index is -0.164. The summed E-state index contributed by atoms with van der Waals surface area (Å²) < 4.78 is 5.29. The van der Waals surface area contributed by atoms with E-state index in [4.69, 9.17) is 4.52 Å². The fraction of sp³-hybridized carbons (Fsp3) is 0.412. The Bertz CT molecular complexity index is 776. The van der Waals surface area contributed by atoms with Crippen molar-refractivity contribution in [3.63, 3.8) is 0 Å². The van der Waals surface area contributed by atoms with E-state index in [1.807, 2.05) is 11.0 Å². The van der Waals surface area contributed by atoms with E-state index in [2.05, 4.69) is 15.5 Å². The van der Waals surface area contributed by atoms with Crippen molar-refractivity contribution in [3.8, 4) is 11.3 Å². The monoisotopic (exact) mass is 341 g/mol. The first-order valence-electron chi connectivity index (χ1n) is 8.43. The third-order valence-corrected chi connectivity index (χ3v) is 4.69. The van der Waals surface area contributed by atoms with Gasteiger partial charge in [0.15, 0.2) is 11.5 Å². The summed E-state index contributed by atoms with van der Waals surface area (Å²) in [5.74, 6) is 0.354. The number of urea groups is 1. The molecule has 8 nitrogen and oxygen atoms in total. The zero-order valence-corrected chi connectivity index (χ0v) is 13.7. The van der Waals surface area contributed by atoms with Gasteiger partial charge in [-0.25, -0.2) is 4.79 Å². The fourth-order valence-corrected chi connectivity index (χ4v) is 3.41. The molecule has 1 N–H and O–H groups in total. The van der Waals surface area contributed by atoms with Crippen LogP contribution in [0.15, 0.2) is 35.1 Å². The molecule has 1 atom stereocenters. The summed E-state index contributed by atoms with van der Waals surface area (Å²) in [6.45, 7) is 2.56. The largest absolute Gasteiger partial charge is 0.355 e. The molecule has 25 heavy (non-hydrogen) atoms. The van der Waals surface area contributed by atoms with Gasteiger partial charge in [0.2, 0.25) is 0 Å². The van der Waals surface area contributed by atoms with Gasteiger partial charge in [0, 0.05) is 50.2 Å². The lowest BCUT2D eigenvalue weighted by Crippen LogP contribution is -2.50. The number of carbonyl (C=O) groups excluding carboxylic acids is 2. The van der Waals surface area contributed by atoms with Crippen LogP contribution in [0.4, 0.5) is 4.79 Å². The van der Waals surface area contributed by atoms with Crippen molar-refractivity contribution < 1.29 is 14.1 Å². The van der Waals surface area contributed by atoms with E-state index >= 15 is 0 Å². The van der Waals surface area contributed by atoms with Crippen LogP contribution in [0.2, 0.25) is 0 Å². The van der Waals surface area contributed by atoms with Gasteiger partial charge in [-0.15, -0.1) is 0 Å². The minimum absolute atomic E-state index is 0.0420. The Hall–Kier alpha value is -2.90. The van der Waals surface area contributed by atoms with E-state index in [-0.39, 0.29) is 23.7 Å². The molecule has 0 radical (unpaired) electrons. The highest BCUT2D eigenvalue weighted by atomic mass is 16.5. The Morgan fingerprint density at radius 2 is 2.28 bits per heavy atom. The van der Waals surface area contributed by atoms with E-state index in [1.165, 1.54) is 0 Å². The zero-order chi connectivity index (χ0) is 17.2. The van der Waals surface area contributed by atoms with E-state index in [0.29, 0.717) is 31.9 Å². The molecule has 4 rings (SSSR count). The first-order chi connectivity index (χ1) is 12.2. The lowest BCUT2D eigenvalue weighted by atomic mass is 10.0. The molecule has 0 bridgehead atoms. The normalized spacial score (nSPS) is 20.6. The Balaban J connectivity index is 1.47. The average Bonchev–Trinajstić information content (AvgIpc) is 3.31. The second-order valence-corrected chi connectivity index (χ2v) is 6.29. The summed E-state index contributed by atoms with van der Waals surface area (Å²) in [6, 6.07) is 5.32. The first kappa shape index (κ1) is 15.6. The van der Waals surface area contributed by atoms with E-state index < -0.39 is 0 Å². The standard InChI is InChI=1S/C17H19N5O3/c23-16(14-9-15(25-20-14)12-3-1-5-18-10-12)21-7-2-4-13(11-21)22-8-6-19-17(22)24/h1,3,5,9-10,13H,2,4,6-8,11H2,(H,19,24)/t13-/m0/s1. The predicted octanol–water partition coefficient (Wildman–Crippen LogP) is 1.37. The van der Waals surface area contributed by atoms with E-state index in [0.717, 1.165) is 18.4 Å². The number of hydrogen-bond donors (Lipinski definition) is 1. The number of nitrogens with zero attached hydrogens (tertiary/aromatic N) is 4. The van der Waals surface area contributed by atoms with Crippen molar-refractivity contribution in [2.24, 2.45) is 0 Å². The van der Waals surface area contributed by atoms with Crippen molar-refractivity contribution in [2.45, 2.75) is 18.9 Å². The second kappa shape index (κ2) is 6.54. The fourth-order valence-electron chi connectivity index (χ4n) is 3.41. The van der Waals surface area contributed by atoms with E-state index in [1.54, 1.807) is 29.4 Å². The van der Waals surface area contributed by atoms with Crippen LogP contribution >= 0.6 is 0 Å². The molecule has 0 aromatic carbocycles. The van der Waals surface area contributed by atoms with Gasteiger partial charge < -0.3 is 19.6 Å². The summed E-state index contributed by atoms with van der Waals surface area (Å²) in [5.41, 5.74) is 1.06. The number of likely N-dealkylation sites (tertiary alicyclic amines) is 1. The molecule has 8 heteroatoms. The smallest absolute Gasteiger partial charge is 0.317 e. The summed E-state index contributed by atoms with van der Waals surface area (Å²) in [5, 5.41) is 6.73. The summed E-state index contributed by atoms with van der Waals surface area (Å²) in [7, 11) is 0. The van der Waals surface area contributed by atoms with Crippen LogP contribution in [-0.2, 0) is 0 Å². The predicted molar refractivity (Wildman–Crippen MR) is 88.8 cm³/mol. The lowest BCUT2D eigenvalue weighted by Gasteiger charge is -2.36. The molecule has 3 amide bonds. The highest BCUT2D eigenvalue weighted by molar-refractivity contribution is 5.93. The van der Waals surface area contributed by atoms with Crippen molar-refractivity contribution in [1.82, 2.24) is 25.3 Å². The molecule has 4 heterocycles. The topological polar surface area (TPSA) is 91.6 Å². The summed E-state index contributed by atoms with van der Waals surface area (Å²) >= 11 is 0. The van der Waals surface area contributed by atoms with Gasteiger partial charge in [-0.05, 0) is 25.0 Å². The maximum absolute atomic E-state index is 12.8. The Morgan fingerprint density at radius 3 is 3.04 bits per heavy atom. The number of nitrogens with one attached hydrogen (secondary N) is 1. The van der Waals surface area contributed by atoms with E-state index in [9.17, 15) is 9.59 Å². The van der Waals surface area contributed by atoms with Gasteiger partial charge in [0.25, 0.3) is 5.91 Å². The third-order valence-electron chi connectivity index (χ3n) is 4.69. The number of rotatable bonds is 3.